The first-order valence-electron chi connectivity index (χ1n) is 6.09. The van der Waals surface area contributed by atoms with E-state index in [1.54, 1.807) is 0 Å². The predicted octanol–water partition coefficient (Wildman–Crippen LogP) is 1.78. The summed E-state index contributed by atoms with van der Waals surface area (Å²) < 4.78 is 0. The lowest BCUT2D eigenvalue weighted by atomic mass is 10.0. The standard InChI is InChI=1S/C12H24N2O/c1-5-10-8-7-9-14(10)11(15)12(3,4)13-6-2/h10,13H,5-9H2,1-4H3. The largest absolute Gasteiger partial charge is 0.338 e. The first-order valence-corrected chi connectivity index (χ1v) is 6.09. The topological polar surface area (TPSA) is 32.3 Å². The molecule has 1 fully saturated rings. The van der Waals surface area contributed by atoms with Crippen LogP contribution in [0.25, 0.3) is 0 Å². The van der Waals surface area contributed by atoms with Crippen LogP contribution in [0, 0.1) is 0 Å². The molecule has 0 aromatic carbocycles. The summed E-state index contributed by atoms with van der Waals surface area (Å²) in [7, 11) is 0. The molecule has 1 N–H and O–H groups in total. The molecule has 1 atom stereocenters. The molecule has 1 rings (SSSR count). The van der Waals surface area contributed by atoms with Gasteiger partial charge < -0.3 is 10.2 Å². The van der Waals surface area contributed by atoms with Crippen molar-refractivity contribution in [1.82, 2.24) is 10.2 Å². The number of hydrogen-bond donors (Lipinski definition) is 1. The van der Waals surface area contributed by atoms with Crippen molar-refractivity contribution in [2.24, 2.45) is 0 Å². The fourth-order valence-corrected chi connectivity index (χ4v) is 2.40. The second kappa shape index (κ2) is 4.97. The van der Waals surface area contributed by atoms with Gasteiger partial charge in [-0.2, -0.15) is 0 Å². The summed E-state index contributed by atoms with van der Waals surface area (Å²) in [4.78, 5) is 14.3. The van der Waals surface area contributed by atoms with Gasteiger partial charge in [0.1, 0.15) is 0 Å². The van der Waals surface area contributed by atoms with Gasteiger partial charge in [0.15, 0.2) is 0 Å². The highest BCUT2D eigenvalue weighted by Gasteiger charge is 2.36. The molecule has 1 aliphatic heterocycles. The fourth-order valence-electron chi connectivity index (χ4n) is 2.40. The van der Waals surface area contributed by atoms with Crippen molar-refractivity contribution < 1.29 is 4.79 Å². The molecule has 0 aliphatic carbocycles. The van der Waals surface area contributed by atoms with Crippen LogP contribution >= 0.6 is 0 Å². The number of amides is 1. The number of rotatable bonds is 4. The van der Waals surface area contributed by atoms with Gasteiger partial charge in [0.05, 0.1) is 5.54 Å². The van der Waals surface area contributed by atoms with Crippen molar-refractivity contribution in [2.45, 2.75) is 58.5 Å². The first kappa shape index (κ1) is 12.5. The summed E-state index contributed by atoms with van der Waals surface area (Å²) in [6.45, 7) is 9.93. The molecule has 15 heavy (non-hydrogen) atoms. The quantitative estimate of drug-likeness (QED) is 0.770. The third-order valence-corrected chi connectivity index (χ3v) is 3.26. The molecule has 0 spiro atoms. The van der Waals surface area contributed by atoms with Crippen molar-refractivity contribution in [3.63, 3.8) is 0 Å². The van der Waals surface area contributed by atoms with Gasteiger partial charge >= 0.3 is 0 Å². The van der Waals surface area contributed by atoms with Crippen molar-refractivity contribution in [2.75, 3.05) is 13.1 Å². The number of carbonyl (C=O) groups excluding carboxylic acids is 1. The maximum atomic E-state index is 12.3. The number of carbonyl (C=O) groups is 1. The van der Waals surface area contributed by atoms with E-state index in [1.807, 2.05) is 20.8 Å². The van der Waals surface area contributed by atoms with Gasteiger partial charge in [-0.25, -0.2) is 0 Å². The number of likely N-dealkylation sites (tertiary alicyclic amines) is 1. The van der Waals surface area contributed by atoms with E-state index in [0.29, 0.717) is 6.04 Å². The van der Waals surface area contributed by atoms with E-state index in [2.05, 4.69) is 17.1 Å². The van der Waals surface area contributed by atoms with Crippen LogP contribution in [-0.4, -0.2) is 35.5 Å². The van der Waals surface area contributed by atoms with Crippen molar-refractivity contribution in [3.8, 4) is 0 Å². The lowest BCUT2D eigenvalue weighted by Gasteiger charge is -2.33. The van der Waals surface area contributed by atoms with E-state index in [9.17, 15) is 4.79 Å². The Hall–Kier alpha value is -0.570. The van der Waals surface area contributed by atoms with Gasteiger partial charge in [0.25, 0.3) is 0 Å². The maximum absolute atomic E-state index is 12.3. The summed E-state index contributed by atoms with van der Waals surface area (Å²) in [6.07, 6.45) is 3.41. The highest BCUT2D eigenvalue weighted by Crippen LogP contribution is 2.23. The van der Waals surface area contributed by atoms with E-state index in [-0.39, 0.29) is 5.91 Å². The van der Waals surface area contributed by atoms with Crippen molar-refractivity contribution >= 4 is 5.91 Å². The van der Waals surface area contributed by atoms with Gasteiger partial charge in [-0.15, -0.1) is 0 Å². The summed E-state index contributed by atoms with van der Waals surface area (Å²) >= 11 is 0. The number of hydrogen-bond acceptors (Lipinski definition) is 2. The molecule has 0 saturated carbocycles. The molecule has 1 aliphatic rings. The van der Waals surface area contributed by atoms with Gasteiger partial charge in [-0.05, 0) is 39.7 Å². The highest BCUT2D eigenvalue weighted by atomic mass is 16.2. The first-order chi connectivity index (χ1) is 7.03. The molecule has 0 aromatic heterocycles. The van der Waals surface area contributed by atoms with Crippen LogP contribution in [0.1, 0.15) is 47.0 Å². The normalized spacial score (nSPS) is 22.1. The molecule has 1 saturated heterocycles. The minimum Gasteiger partial charge on any atom is -0.338 e. The average molecular weight is 212 g/mol. The monoisotopic (exact) mass is 212 g/mol. The molecule has 0 radical (unpaired) electrons. The predicted molar refractivity (Wildman–Crippen MR) is 62.8 cm³/mol. The Balaban J connectivity index is 2.66. The minimum atomic E-state index is -0.410. The van der Waals surface area contributed by atoms with E-state index >= 15 is 0 Å². The zero-order valence-corrected chi connectivity index (χ0v) is 10.5. The lowest BCUT2D eigenvalue weighted by Crippen LogP contribution is -2.55. The Morgan fingerprint density at radius 3 is 2.67 bits per heavy atom. The van der Waals surface area contributed by atoms with Crippen LogP contribution in [0.5, 0.6) is 0 Å². The summed E-state index contributed by atoms with van der Waals surface area (Å²) in [5.41, 5.74) is -0.410. The maximum Gasteiger partial charge on any atom is 0.242 e. The number of likely N-dealkylation sites (N-methyl/N-ethyl adjacent to an activating group) is 1. The van der Waals surface area contributed by atoms with Crippen LogP contribution < -0.4 is 5.32 Å². The molecule has 88 valence electrons. The van der Waals surface area contributed by atoms with Gasteiger partial charge in [-0.1, -0.05) is 13.8 Å². The molecular weight excluding hydrogens is 188 g/mol. The fraction of sp³-hybridized carbons (Fsp3) is 0.917. The molecule has 1 unspecified atom stereocenters. The smallest absolute Gasteiger partial charge is 0.242 e. The number of nitrogens with one attached hydrogen (secondary N) is 1. The van der Waals surface area contributed by atoms with Crippen molar-refractivity contribution in [3.05, 3.63) is 0 Å². The molecule has 3 nitrogen and oxygen atoms in total. The van der Waals surface area contributed by atoms with Crippen LogP contribution in [0.2, 0.25) is 0 Å². The van der Waals surface area contributed by atoms with Crippen LogP contribution in [-0.2, 0) is 4.79 Å². The van der Waals surface area contributed by atoms with E-state index < -0.39 is 5.54 Å². The van der Waals surface area contributed by atoms with Crippen LogP contribution in [0.3, 0.4) is 0 Å². The molecule has 1 amide bonds. The zero-order chi connectivity index (χ0) is 11.5. The van der Waals surface area contributed by atoms with E-state index in [4.69, 9.17) is 0 Å². The minimum absolute atomic E-state index is 0.258. The molecular formula is C12H24N2O. The van der Waals surface area contributed by atoms with E-state index in [0.717, 1.165) is 25.9 Å². The van der Waals surface area contributed by atoms with Crippen molar-refractivity contribution in [1.29, 1.82) is 0 Å². The van der Waals surface area contributed by atoms with E-state index in [1.165, 1.54) is 6.42 Å². The lowest BCUT2D eigenvalue weighted by molar-refractivity contribution is -0.138. The molecule has 0 aromatic rings. The summed E-state index contributed by atoms with van der Waals surface area (Å²) in [6, 6.07) is 0.468. The van der Waals surface area contributed by atoms with Gasteiger partial charge in [0.2, 0.25) is 5.91 Å². The van der Waals surface area contributed by atoms with Gasteiger partial charge in [0, 0.05) is 12.6 Å². The number of nitrogens with zero attached hydrogens (tertiary/aromatic N) is 1. The Morgan fingerprint density at radius 1 is 1.47 bits per heavy atom. The Labute approximate surface area is 93.2 Å². The van der Waals surface area contributed by atoms with Crippen LogP contribution in [0.4, 0.5) is 0 Å². The Bertz CT molecular complexity index is 226. The highest BCUT2D eigenvalue weighted by molar-refractivity contribution is 5.86. The summed E-state index contributed by atoms with van der Waals surface area (Å²) in [5, 5.41) is 3.25. The Morgan fingerprint density at radius 2 is 2.13 bits per heavy atom. The Kier molecular flexibility index (Phi) is 4.14. The SMILES string of the molecule is CCNC(C)(C)C(=O)N1CCCC1CC. The third kappa shape index (κ3) is 2.71. The van der Waals surface area contributed by atoms with Crippen LogP contribution in [0.15, 0.2) is 0 Å². The molecule has 3 heteroatoms. The molecule has 0 bridgehead atoms. The summed E-state index contributed by atoms with van der Waals surface area (Å²) in [5.74, 6) is 0.258. The average Bonchev–Trinajstić information content (AvgIpc) is 2.63. The van der Waals surface area contributed by atoms with Gasteiger partial charge in [-0.3, -0.25) is 4.79 Å². The third-order valence-electron chi connectivity index (χ3n) is 3.26. The zero-order valence-electron chi connectivity index (χ0n) is 10.5. The second-order valence-corrected chi connectivity index (χ2v) is 4.86. The second-order valence-electron chi connectivity index (χ2n) is 4.86. The molecule has 1 heterocycles.